The predicted octanol–water partition coefficient (Wildman–Crippen LogP) is 1.89. The summed E-state index contributed by atoms with van der Waals surface area (Å²) in [5.74, 6) is -0.481. The van der Waals surface area contributed by atoms with Gasteiger partial charge in [0.15, 0.2) is 0 Å². The normalized spacial score (nSPS) is 12.0. The first-order chi connectivity index (χ1) is 5.65. The quantitative estimate of drug-likeness (QED) is 0.808. The topological polar surface area (TPSA) is 46.2 Å². The number of rotatable bonds is 2. The molecule has 0 amide bonds. The molecule has 1 aromatic carbocycles. The van der Waals surface area contributed by atoms with Crippen molar-refractivity contribution in [2.24, 2.45) is 5.73 Å². The molecule has 0 aliphatic carbocycles. The molecule has 0 heterocycles. The first-order valence-corrected chi connectivity index (χ1v) is 3.84. The molecule has 5 heteroatoms. The van der Waals surface area contributed by atoms with Gasteiger partial charge in [-0.3, -0.25) is 0 Å². The summed E-state index contributed by atoms with van der Waals surface area (Å²) in [6.45, 7) is -0.179. The predicted molar refractivity (Wildman–Crippen MR) is 52.7 cm³/mol. The number of hydrogen-bond donors (Lipinski definition) is 2. The molecule has 1 rings (SSSR count). The number of aliphatic hydroxyl groups is 1. The maximum atomic E-state index is 12.6. The van der Waals surface area contributed by atoms with E-state index < -0.39 is 11.9 Å². The second-order valence-corrected chi connectivity index (χ2v) is 2.87. The van der Waals surface area contributed by atoms with E-state index in [4.69, 9.17) is 22.4 Å². The second kappa shape index (κ2) is 5.40. The van der Waals surface area contributed by atoms with Gasteiger partial charge in [-0.2, -0.15) is 0 Å². The van der Waals surface area contributed by atoms with E-state index in [0.717, 1.165) is 0 Å². The highest BCUT2D eigenvalue weighted by Gasteiger charge is 2.06. The molecule has 3 N–H and O–H groups in total. The third-order valence-electron chi connectivity index (χ3n) is 1.57. The van der Waals surface area contributed by atoms with Gasteiger partial charge in [0.05, 0.1) is 17.7 Å². The standard InChI is InChI=1S/C8H9ClFNO.ClH/c9-6-3-5(8(11)4-12)1-2-7(6)10;/h1-3,8,12H,4,11H2;1H. The number of nitrogens with two attached hydrogens (primary N) is 1. The fraction of sp³-hybridized carbons (Fsp3) is 0.250. The van der Waals surface area contributed by atoms with Crippen LogP contribution in [0.3, 0.4) is 0 Å². The fourth-order valence-corrected chi connectivity index (χ4v) is 1.04. The second-order valence-electron chi connectivity index (χ2n) is 2.46. The van der Waals surface area contributed by atoms with Gasteiger partial charge < -0.3 is 10.8 Å². The van der Waals surface area contributed by atoms with Crippen LogP contribution in [0.15, 0.2) is 18.2 Å². The van der Waals surface area contributed by atoms with Crippen LogP contribution in [0.4, 0.5) is 4.39 Å². The molecule has 0 fully saturated rings. The van der Waals surface area contributed by atoms with Gasteiger partial charge in [0.2, 0.25) is 0 Å². The maximum Gasteiger partial charge on any atom is 0.141 e. The molecular formula is C8H10Cl2FNO. The van der Waals surface area contributed by atoms with Crippen molar-refractivity contribution >= 4 is 24.0 Å². The van der Waals surface area contributed by atoms with Crippen molar-refractivity contribution in [1.82, 2.24) is 0 Å². The van der Waals surface area contributed by atoms with Crippen LogP contribution < -0.4 is 5.73 Å². The number of benzene rings is 1. The average molecular weight is 226 g/mol. The summed E-state index contributed by atoms with van der Waals surface area (Å²) in [5.41, 5.74) is 6.11. The lowest BCUT2D eigenvalue weighted by atomic mass is 10.1. The molecule has 74 valence electrons. The smallest absolute Gasteiger partial charge is 0.141 e. The van der Waals surface area contributed by atoms with Gasteiger partial charge in [-0.05, 0) is 17.7 Å². The van der Waals surface area contributed by atoms with Crippen molar-refractivity contribution in [3.8, 4) is 0 Å². The minimum absolute atomic E-state index is 0. The van der Waals surface area contributed by atoms with Gasteiger partial charge in [-0.1, -0.05) is 17.7 Å². The van der Waals surface area contributed by atoms with Crippen molar-refractivity contribution in [2.45, 2.75) is 6.04 Å². The van der Waals surface area contributed by atoms with Gasteiger partial charge in [0.25, 0.3) is 0 Å². The molecule has 0 saturated carbocycles. The molecule has 0 saturated heterocycles. The Bertz CT molecular complexity index is 283. The van der Waals surface area contributed by atoms with E-state index in [-0.39, 0.29) is 24.0 Å². The Labute approximate surface area is 86.9 Å². The van der Waals surface area contributed by atoms with Crippen LogP contribution in [-0.4, -0.2) is 11.7 Å². The Morgan fingerprint density at radius 2 is 2.15 bits per heavy atom. The van der Waals surface area contributed by atoms with Crippen molar-refractivity contribution in [1.29, 1.82) is 0 Å². The van der Waals surface area contributed by atoms with E-state index in [1.54, 1.807) is 0 Å². The van der Waals surface area contributed by atoms with Crippen LogP contribution in [0.5, 0.6) is 0 Å². The molecule has 0 radical (unpaired) electrons. The Morgan fingerprint density at radius 3 is 2.62 bits per heavy atom. The van der Waals surface area contributed by atoms with Crippen molar-refractivity contribution in [3.63, 3.8) is 0 Å². The summed E-state index contributed by atoms with van der Waals surface area (Å²) in [6, 6.07) is 3.65. The SMILES string of the molecule is Cl.NC(CO)c1ccc(F)c(Cl)c1. The molecule has 0 bridgehead atoms. The Hall–Kier alpha value is -0.350. The molecule has 2 nitrogen and oxygen atoms in total. The van der Waals surface area contributed by atoms with Crippen LogP contribution in [0, 0.1) is 5.82 Å². The number of hydrogen-bond acceptors (Lipinski definition) is 2. The number of halogens is 3. The molecule has 0 aliphatic rings. The zero-order valence-corrected chi connectivity index (χ0v) is 8.28. The molecule has 1 unspecified atom stereocenters. The summed E-state index contributed by atoms with van der Waals surface area (Å²) >= 11 is 5.50. The van der Waals surface area contributed by atoms with Crippen LogP contribution in [0.1, 0.15) is 11.6 Å². The van der Waals surface area contributed by atoms with Crippen LogP contribution in [-0.2, 0) is 0 Å². The largest absolute Gasteiger partial charge is 0.394 e. The summed E-state index contributed by atoms with van der Waals surface area (Å²) in [7, 11) is 0. The van der Waals surface area contributed by atoms with E-state index in [9.17, 15) is 4.39 Å². The van der Waals surface area contributed by atoms with E-state index in [1.807, 2.05) is 0 Å². The van der Waals surface area contributed by atoms with Crippen molar-refractivity contribution in [3.05, 3.63) is 34.6 Å². The highest BCUT2D eigenvalue weighted by atomic mass is 35.5. The summed E-state index contributed by atoms with van der Waals surface area (Å²) in [4.78, 5) is 0. The molecule has 0 aliphatic heterocycles. The van der Waals surface area contributed by atoms with Gasteiger partial charge in [0, 0.05) is 0 Å². The summed E-state index contributed by atoms with van der Waals surface area (Å²) in [6.07, 6.45) is 0. The van der Waals surface area contributed by atoms with Crippen molar-refractivity contribution in [2.75, 3.05) is 6.61 Å². The zero-order chi connectivity index (χ0) is 9.14. The van der Waals surface area contributed by atoms with Crippen LogP contribution in [0.25, 0.3) is 0 Å². The monoisotopic (exact) mass is 225 g/mol. The summed E-state index contributed by atoms with van der Waals surface area (Å²) < 4.78 is 12.6. The third-order valence-corrected chi connectivity index (χ3v) is 1.86. The highest BCUT2D eigenvalue weighted by Crippen LogP contribution is 2.19. The average Bonchev–Trinajstić information content (AvgIpc) is 2.08. The van der Waals surface area contributed by atoms with E-state index in [2.05, 4.69) is 0 Å². The summed E-state index contributed by atoms with van der Waals surface area (Å²) in [5, 5.41) is 8.71. The number of aliphatic hydroxyl groups excluding tert-OH is 1. The van der Waals surface area contributed by atoms with Crippen LogP contribution >= 0.6 is 24.0 Å². The Balaban J connectivity index is 0.00000144. The molecular weight excluding hydrogens is 216 g/mol. The van der Waals surface area contributed by atoms with E-state index in [1.165, 1.54) is 18.2 Å². The minimum Gasteiger partial charge on any atom is -0.394 e. The minimum atomic E-state index is -0.497. The first kappa shape index (κ1) is 12.7. The van der Waals surface area contributed by atoms with Crippen molar-refractivity contribution < 1.29 is 9.50 Å². The lowest BCUT2D eigenvalue weighted by Crippen LogP contribution is -2.14. The first-order valence-electron chi connectivity index (χ1n) is 3.46. The Morgan fingerprint density at radius 1 is 1.54 bits per heavy atom. The van der Waals surface area contributed by atoms with Gasteiger partial charge in [-0.15, -0.1) is 12.4 Å². The zero-order valence-electron chi connectivity index (χ0n) is 6.71. The highest BCUT2D eigenvalue weighted by molar-refractivity contribution is 6.30. The molecule has 13 heavy (non-hydrogen) atoms. The molecule has 0 spiro atoms. The Kier molecular flexibility index (Phi) is 5.25. The fourth-order valence-electron chi connectivity index (χ4n) is 0.848. The lowest BCUT2D eigenvalue weighted by molar-refractivity contribution is 0.268. The van der Waals surface area contributed by atoms with Crippen LogP contribution in [0.2, 0.25) is 5.02 Å². The molecule has 0 aromatic heterocycles. The van der Waals surface area contributed by atoms with Gasteiger partial charge in [-0.25, -0.2) is 4.39 Å². The lowest BCUT2D eigenvalue weighted by Gasteiger charge is -2.08. The maximum absolute atomic E-state index is 12.6. The van der Waals surface area contributed by atoms with E-state index >= 15 is 0 Å². The molecule has 1 atom stereocenters. The molecule has 1 aromatic rings. The third kappa shape index (κ3) is 3.12. The van der Waals surface area contributed by atoms with Gasteiger partial charge in [0.1, 0.15) is 5.82 Å². The van der Waals surface area contributed by atoms with E-state index in [0.29, 0.717) is 5.56 Å². The van der Waals surface area contributed by atoms with Gasteiger partial charge >= 0.3 is 0 Å².